The molecule has 24 heavy (non-hydrogen) atoms. The van der Waals surface area contributed by atoms with Crippen LogP contribution in [0.25, 0.3) is 0 Å². The summed E-state index contributed by atoms with van der Waals surface area (Å²) in [5.41, 5.74) is 5.36. The lowest BCUT2D eigenvalue weighted by molar-refractivity contribution is -0.170. The van der Waals surface area contributed by atoms with E-state index >= 15 is 0 Å². The monoisotopic (exact) mass is 344 g/mol. The van der Waals surface area contributed by atoms with Crippen molar-refractivity contribution in [3.8, 4) is 0 Å². The zero-order valence-corrected chi connectivity index (χ0v) is 14.6. The molecule has 5 N–H and O–H groups in total. The van der Waals surface area contributed by atoms with Crippen molar-refractivity contribution in [2.75, 3.05) is 39.3 Å². The lowest BCUT2D eigenvalue weighted by Gasteiger charge is -2.22. The third-order valence-electron chi connectivity index (χ3n) is 3.86. The maximum Gasteiger partial charge on any atom is 0.410 e. The molecule has 8 heteroatoms. The number of alkyl carbamates (subject to hydrolysis) is 1. The lowest BCUT2D eigenvalue weighted by Crippen LogP contribution is -2.37. The van der Waals surface area contributed by atoms with E-state index in [2.05, 4.69) is 16.0 Å². The molecule has 0 heterocycles. The fourth-order valence-corrected chi connectivity index (χ4v) is 2.60. The predicted octanol–water partition coefficient (Wildman–Crippen LogP) is 0.320. The van der Waals surface area contributed by atoms with Crippen LogP contribution in [-0.2, 0) is 14.3 Å². The van der Waals surface area contributed by atoms with Crippen molar-refractivity contribution in [3.63, 3.8) is 0 Å². The lowest BCUT2D eigenvalue weighted by atomic mass is 9.89. The van der Waals surface area contributed by atoms with Gasteiger partial charge in [0.1, 0.15) is 0 Å². The second-order valence-electron chi connectivity index (χ2n) is 5.96. The van der Waals surface area contributed by atoms with Crippen LogP contribution >= 0.6 is 0 Å². The van der Waals surface area contributed by atoms with Gasteiger partial charge in [0, 0.05) is 46.2 Å². The molecule has 0 aromatic heterocycles. The summed E-state index contributed by atoms with van der Waals surface area (Å²) in [5, 5.41) is 8.94. The molecule has 8 nitrogen and oxygen atoms in total. The van der Waals surface area contributed by atoms with Crippen LogP contribution in [0.5, 0.6) is 0 Å². The highest BCUT2D eigenvalue weighted by Gasteiger charge is 2.24. The predicted molar refractivity (Wildman–Crippen MR) is 91.4 cm³/mol. The van der Waals surface area contributed by atoms with Gasteiger partial charge in [0.2, 0.25) is 6.29 Å². The van der Waals surface area contributed by atoms with Crippen molar-refractivity contribution in [3.05, 3.63) is 0 Å². The number of esters is 1. The minimum absolute atomic E-state index is 0.0510. The molecule has 1 rings (SSSR count). The first-order chi connectivity index (χ1) is 11.6. The Labute approximate surface area is 144 Å². The van der Waals surface area contributed by atoms with Crippen LogP contribution in [0.4, 0.5) is 4.79 Å². The maximum atomic E-state index is 11.9. The van der Waals surface area contributed by atoms with Crippen LogP contribution in [-0.4, -0.2) is 57.6 Å². The number of hydrogen-bond donors (Lipinski definition) is 4. The van der Waals surface area contributed by atoms with E-state index < -0.39 is 12.4 Å². The minimum Gasteiger partial charge on any atom is -0.425 e. The summed E-state index contributed by atoms with van der Waals surface area (Å²) in [4.78, 5) is 23.5. The van der Waals surface area contributed by atoms with Crippen molar-refractivity contribution in [2.45, 2.75) is 45.3 Å². The van der Waals surface area contributed by atoms with E-state index in [0.717, 1.165) is 45.3 Å². The zero-order valence-electron chi connectivity index (χ0n) is 14.6. The van der Waals surface area contributed by atoms with Crippen LogP contribution in [0.3, 0.4) is 0 Å². The summed E-state index contributed by atoms with van der Waals surface area (Å²) in [5.74, 6) is -0.313. The SMILES string of the molecule is C[C@H](OC(=O)NCCNCCNCCN)OC(=O)C1CCCCC1. The third-order valence-corrected chi connectivity index (χ3v) is 3.86. The maximum absolute atomic E-state index is 11.9. The van der Waals surface area contributed by atoms with Gasteiger partial charge in [-0.3, -0.25) is 4.79 Å². The van der Waals surface area contributed by atoms with E-state index in [-0.39, 0.29) is 11.9 Å². The fourth-order valence-electron chi connectivity index (χ4n) is 2.60. The van der Waals surface area contributed by atoms with Gasteiger partial charge in [0.05, 0.1) is 5.92 Å². The number of carbonyl (C=O) groups excluding carboxylic acids is 2. The molecular formula is C16H32N4O4. The molecule has 0 aromatic carbocycles. The summed E-state index contributed by atoms with van der Waals surface area (Å²) in [6, 6.07) is 0. The van der Waals surface area contributed by atoms with Crippen molar-refractivity contribution in [1.82, 2.24) is 16.0 Å². The molecule has 1 atom stereocenters. The Morgan fingerprint density at radius 1 is 1.00 bits per heavy atom. The number of hydrogen-bond acceptors (Lipinski definition) is 7. The van der Waals surface area contributed by atoms with Gasteiger partial charge in [0.15, 0.2) is 0 Å². The summed E-state index contributed by atoms with van der Waals surface area (Å²) in [7, 11) is 0. The number of nitrogens with one attached hydrogen (secondary N) is 3. The highest BCUT2D eigenvalue weighted by atomic mass is 16.7. The normalized spacial score (nSPS) is 16.4. The van der Waals surface area contributed by atoms with Gasteiger partial charge < -0.3 is 31.2 Å². The Balaban J connectivity index is 2.02. The van der Waals surface area contributed by atoms with E-state index in [9.17, 15) is 9.59 Å². The summed E-state index contributed by atoms with van der Waals surface area (Å²) in [6.45, 7) is 5.68. The molecule has 0 radical (unpaired) electrons. The molecule has 0 spiro atoms. The molecule has 1 fully saturated rings. The molecule has 0 aromatic rings. The second-order valence-corrected chi connectivity index (χ2v) is 5.96. The molecule has 1 aliphatic rings. The van der Waals surface area contributed by atoms with Crippen molar-refractivity contribution < 1.29 is 19.1 Å². The fraction of sp³-hybridized carbons (Fsp3) is 0.875. The molecule has 0 bridgehead atoms. The highest BCUT2D eigenvalue weighted by molar-refractivity contribution is 5.73. The Morgan fingerprint density at radius 2 is 1.62 bits per heavy atom. The van der Waals surface area contributed by atoms with Crippen molar-refractivity contribution >= 4 is 12.1 Å². The van der Waals surface area contributed by atoms with Crippen LogP contribution in [0.2, 0.25) is 0 Å². The molecule has 1 amide bonds. The van der Waals surface area contributed by atoms with Gasteiger partial charge in [-0.25, -0.2) is 4.79 Å². The molecule has 1 aliphatic carbocycles. The van der Waals surface area contributed by atoms with E-state index in [0.29, 0.717) is 19.6 Å². The van der Waals surface area contributed by atoms with Crippen LogP contribution in [0.1, 0.15) is 39.0 Å². The summed E-state index contributed by atoms with van der Waals surface area (Å²) >= 11 is 0. The first kappa shape index (κ1) is 20.7. The first-order valence-corrected chi connectivity index (χ1v) is 8.90. The van der Waals surface area contributed by atoms with Gasteiger partial charge in [0.25, 0.3) is 0 Å². The number of amides is 1. The minimum atomic E-state index is -0.868. The van der Waals surface area contributed by atoms with Crippen LogP contribution in [0, 0.1) is 5.92 Å². The summed E-state index contributed by atoms with van der Waals surface area (Å²) in [6.07, 6.45) is 3.58. The quantitative estimate of drug-likeness (QED) is 0.242. The molecule has 0 aliphatic heterocycles. The Kier molecular flexibility index (Phi) is 11.2. The van der Waals surface area contributed by atoms with E-state index in [4.69, 9.17) is 15.2 Å². The van der Waals surface area contributed by atoms with E-state index in [1.54, 1.807) is 6.92 Å². The second kappa shape index (κ2) is 13.0. The van der Waals surface area contributed by atoms with Gasteiger partial charge >= 0.3 is 12.1 Å². The largest absolute Gasteiger partial charge is 0.425 e. The molecule has 140 valence electrons. The molecular weight excluding hydrogens is 312 g/mol. The standard InChI is InChI=1S/C16H32N4O4/c1-13(23-15(21)14-5-3-2-4-6-14)24-16(22)20-12-11-19-10-9-18-8-7-17/h13-14,18-19H,2-12,17H2,1H3,(H,20,22)/t13-/m0/s1. The average Bonchev–Trinajstić information content (AvgIpc) is 2.58. The number of nitrogens with two attached hydrogens (primary N) is 1. The Hall–Kier alpha value is -1.38. The molecule has 1 saturated carbocycles. The van der Waals surface area contributed by atoms with E-state index in [1.807, 2.05) is 0 Å². The Bertz CT molecular complexity index is 362. The topological polar surface area (TPSA) is 115 Å². The van der Waals surface area contributed by atoms with Gasteiger partial charge in [-0.05, 0) is 12.8 Å². The van der Waals surface area contributed by atoms with Crippen LogP contribution < -0.4 is 21.7 Å². The van der Waals surface area contributed by atoms with Gasteiger partial charge in [-0.2, -0.15) is 0 Å². The highest BCUT2D eigenvalue weighted by Crippen LogP contribution is 2.25. The van der Waals surface area contributed by atoms with Crippen molar-refractivity contribution in [1.29, 1.82) is 0 Å². The number of ether oxygens (including phenoxy) is 2. The van der Waals surface area contributed by atoms with Crippen LogP contribution in [0.15, 0.2) is 0 Å². The average molecular weight is 344 g/mol. The van der Waals surface area contributed by atoms with Crippen molar-refractivity contribution in [2.24, 2.45) is 11.7 Å². The Morgan fingerprint density at radius 3 is 2.29 bits per heavy atom. The zero-order chi connectivity index (χ0) is 17.6. The smallest absolute Gasteiger partial charge is 0.410 e. The summed E-state index contributed by atoms with van der Waals surface area (Å²) < 4.78 is 10.2. The van der Waals surface area contributed by atoms with Gasteiger partial charge in [-0.1, -0.05) is 19.3 Å². The third kappa shape index (κ3) is 9.69. The number of rotatable bonds is 11. The van der Waals surface area contributed by atoms with E-state index in [1.165, 1.54) is 6.42 Å². The number of carbonyl (C=O) groups is 2. The first-order valence-electron chi connectivity index (χ1n) is 8.90. The molecule has 0 unspecified atom stereocenters. The molecule has 0 saturated heterocycles. The van der Waals surface area contributed by atoms with Gasteiger partial charge in [-0.15, -0.1) is 0 Å².